The van der Waals surface area contributed by atoms with Gasteiger partial charge in [0, 0.05) is 15.5 Å². The Kier molecular flexibility index (Phi) is 1.76. The Morgan fingerprint density at radius 2 is 1.73 bits per heavy atom. The minimum Gasteiger partial charge on any atom is -0.155 e. The lowest BCUT2D eigenvalue weighted by molar-refractivity contribution is 0.968. The maximum Gasteiger partial charge on any atom is 0.0778 e. The monoisotopic (exact) mass is 214 g/mol. The number of hydrogen-bond acceptors (Lipinski definition) is 3. The van der Waals surface area contributed by atoms with Crippen LogP contribution in [0.25, 0.3) is 20.2 Å². The molecule has 0 fully saturated rings. The molecular formula is C12H10N2S. The molecule has 0 spiro atoms. The lowest BCUT2D eigenvalue weighted by atomic mass is 10.1. The van der Waals surface area contributed by atoms with E-state index in [4.69, 9.17) is 0 Å². The average Bonchev–Trinajstić information content (AvgIpc) is 2.64. The van der Waals surface area contributed by atoms with Crippen LogP contribution in [-0.4, -0.2) is 10.2 Å². The summed E-state index contributed by atoms with van der Waals surface area (Å²) in [6.45, 7) is 4.04. The van der Waals surface area contributed by atoms with Gasteiger partial charge in [0.2, 0.25) is 0 Å². The summed E-state index contributed by atoms with van der Waals surface area (Å²) in [5.41, 5.74) is 2.05. The first-order chi connectivity index (χ1) is 7.27. The molecule has 0 unspecified atom stereocenters. The molecular weight excluding hydrogens is 204 g/mol. The Morgan fingerprint density at radius 1 is 1.00 bits per heavy atom. The summed E-state index contributed by atoms with van der Waals surface area (Å²) in [6.07, 6.45) is 0. The van der Waals surface area contributed by atoms with Crippen molar-refractivity contribution in [1.29, 1.82) is 0 Å². The lowest BCUT2D eigenvalue weighted by Gasteiger charge is -1.97. The van der Waals surface area contributed by atoms with Gasteiger partial charge in [-0.25, -0.2) is 0 Å². The Bertz CT molecular complexity index is 655. The van der Waals surface area contributed by atoms with E-state index in [-0.39, 0.29) is 0 Å². The van der Waals surface area contributed by atoms with Crippen LogP contribution in [0.2, 0.25) is 0 Å². The van der Waals surface area contributed by atoms with E-state index in [1.54, 1.807) is 11.3 Å². The van der Waals surface area contributed by atoms with Crippen molar-refractivity contribution < 1.29 is 0 Å². The van der Waals surface area contributed by atoms with Crippen molar-refractivity contribution in [3.63, 3.8) is 0 Å². The molecule has 2 heterocycles. The fourth-order valence-electron chi connectivity index (χ4n) is 1.90. The molecule has 3 aromatic rings. The van der Waals surface area contributed by atoms with Crippen molar-refractivity contribution in [2.24, 2.45) is 0 Å². The van der Waals surface area contributed by atoms with Crippen molar-refractivity contribution in [2.45, 2.75) is 13.8 Å². The third kappa shape index (κ3) is 1.16. The fraction of sp³-hybridized carbons (Fsp3) is 0.167. The van der Waals surface area contributed by atoms with Crippen LogP contribution in [0.3, 0.4) is 0 Å². The molecule has 3 rings (SSSR count). The summed E-state index contributed by atoms with van der Waals surface area (Å²) >= 11 is 1.80. The summed E-state index contributed by atoms with van der Waals surface area (Å²) in [7, 11) is 0. The van der Waals surface area contributed by atoms with Crippen LogP contribution in [-0.2, 0) is 0 Å². The number of fused-ring (bicyclic) bond motifs is 3. The summed E-state index contributed by atoms with van der Waals surface area (Å²) in [5.74, 6) is 0. The molecule has 0 aliphatic rings. The normalized spacial score (nSPS) is 11.3. The van der Waals surface area contributed by atoms with Crippen molar-refractivity contribution in [2.75, 3.05) is 0 Å². The van der Waals surface area contributed by atoms with Gasteiger partial charge in [0.1, 0.15) is 0 Å². The molecule has 2 nitrogen and oxygen atoms in total. The molecule has 0 bridgehead atoms. The molecule has 1 aromatic carbocycles. The third-order valence-electron chi connectivity index (χ3n) is 2.64. The van der Waals surface area contributed by atoms with Crippen LogP contribution >= 0.6 is 11.3 Å². The molecule has 0 aliphatic carbocycles. The van der Waals surface area contributed by atoms with Gasteiger partial charge >= 0.3 is 0 Å². The Morgan fingerprint density at radius 3 is 2.60 bits per heavy atom. The van der Waals surface area contributed by atoms with Crippen LogP contribution in [0, 0.1) is 13.8 Å². The highest BCUT2D eigenvalue weighted by Gasteiger charge is 2.10. The largest absolute Gasteiger partial charge is 0.155 e. The molecule has 0 radical (unpaired) electrons. The zero-order valence-corrected chi connectivity index (χ0v) is 9.43. The number of nitrogens with zero attached hydrogens (tertiary/aromatic N) is 2. The SMILES string of the molecule is Cc1nnc(C)c2c1sc1ccccc12. The number of hydrogen-bond donors (Lipinski definition) is 0. The van der Waals surface area contributed by atoms with Gasteiger partial charge in [-0.3, -0.25) is 0 Å². The maximum atomic E-state index is 4.19. The van der Waals surface area contributed by atoms with E-state index < -0.39 is 0 Å². The number of aryl methyl sites for hydroxylation is 2. The van der Waals surface area contributed by atoms with Gasteiger partial charge in [-0.15, -0.1) is 11.3 Å². The predicted octanol–water partition coefficient (Wildman–Crippen LogP) is 3.46. The van der Waals surface area contributed by atoms with Gasteiger partial charge in [-0.1, -0.05) is 18.2 Å². The summed E-state index contributed by atoms with van der Waals surface area (Å²) in [6, 6.07) is 8.45. The molecule has 15 heavy (non-hydrogen) atoms. The maximum absolute atomic E-state index is 4.19. The molecule has 0 N–H and O–H groups in total. The summed E-state index contributed by atoms with van der Waals surface area (Å²) < 4.78 is 2.58. The summed E-state index contributed by atoms with van der Waals surface area (Å²) in [5, 5.41) is 10.9. The van der Waals surface area contributed by atoms with Gasteiger partial charge in [-0.2, -0.15) is 10.2 Å². The highest BCUT2D eigenvalue weighted by atomic mass is 32.1. The Balaban J connectivity index is 2.66. The second-order valence-electron chi connectivity index (χ2n) is 3.67. The first kappa shape index (κ1) is 8.80. The number of thiophene rings is 1. The van der Waals surface area contributed by atoms with Gasteiger partial charge in [-0.05, 0) is 19.9 Å². The van der Waals surface area contributed by atoms with Gasteiger partial charge in [0.25, 0.3) is 0 Å². The quantitative estimate of drug-likeness (QED) is 0.572. The minimum absolute atomic E-state index is 1.02. The van der Waals surface area contributed by atoms with E-state index in [0.29, 0.717) is 0 Å². The topological polar surface area (TPSA) is 25.8 Å². The standard InChI is InChI=1S/C12H10N2S/c1-7-11-9-5-3-4-6-10(9)15-12(11)8(2)14-13-7/h3-6H,1-2H3. The molecule has 0 amide bonds. The molecule has 2 aromatic heterocycles. The van der Waals surface area contributed by atoms with Crippen molar-refractivity contribution >= 4 is 31.5 Å². The first-order valence-corrected chi connectivity index (χ1v) is 5.70. The van der Waals surface area contributed by atoms with Crippen LogP contribution < -0.4 is 0 Å². The van der Waals surface area contributed by atoms with Gasteiger partial charge < -0.3 is 0 Å². The third-order valence-corrected chi connectivity index (χ3v) is 3.92. The van der Waals surface area contributed by atoms with Crippen LogP contribution in [0.1, 0.15) is 11.4 Å². The predicted molar refractivity (Wildman–Crippen MR) is 64.4 cm³/mol. The molecule has 0 atom stereocenters. The van der Waals surface area contributed by atoms with E-state index in [1.165, 1.54) is 20.2 Å². The van der Waals surface area contributed by atoms with Crippen molar-refractivity contribution in [3.05, 3.63) is 35.7 Å². The number of benzene rings is 1. The highest BCUT2D eigenvalue weighted by molar-refractivity contribution is 7.26. The zero-order chi connectivity index (χ0) is 10.4. The molecule has 3 heteroatoms. The van der Waals surface area contributed by atoms with Crippen LogP contribution in [0.5, 0.6) is 0 Å². The highest BCUT2D eigenvalue weighted by Crippen LogP contribution is 2.35. The van der Waals surface area contributed by atoms with E-state index >= 15 is 0 Å². The minimum atomic E-state index is 1.02. The average molecular weight is 214 g/mol. The zero-order valence-electron chi connectivity index (χ0n) is 8.61. The number of rotatable bonds is 0. The second kappa shape index (κ2) is 3.00. The number of aromatic nitrogens is 2. The Hall–Kier alpha value is -1.48. The lowest BCUT2D eigenvalue weighted by Crippen LogP contribution is -1.89. The first-order valence-electron chi connectivity index (χ1n) is 4.88. The van der Waals surface area contributed by atoms with Crippen molar-refractivity contribution in [3.8, 4) is 0 Å². The summed E-state index contributed by atoms with van der Waals surface area (Å²) in [4.78, 5) is 0. The Labute approximate surface area is 91.6 Å². The molecule has 0 saturated carbocycles. The van der Waals surface area contributed by atoms with Gasteiger partial charge in [0.15, 0.2) is 0 Å². The van der Waals surface area contributed by atoms with E-state index in [2.05, 4.69) is 34.5 Å². The van der Waals surface area contributed by atoms with Crippen LogP contribution in [0.15, 0.2) is 24.3 Å². The van der Waals surface area contributed by atoms with E-state index in [0.717, 1.165) is 11.4 Å². The van der Waals surface area contributed by atoms with E-state index in [1.807, 2.05) is 13.8 Å². The smallest absolute Gasteiger partial charge is 0.0778 e. The van der Waals surface area contributed by atoms with Gasteiger partial charge in [0.05, 0.1) is 16.1 Å². The van der Waals surface area contributed by atoms with E-state index in [9.17, 15) is 0 Å². The molecule has 0 aliphatic heterocycles. The van der Waals surface area contributed by atoms with Crippen LogP contribution in [0.4, 0.5) is 0 Å². The molecule has 74 valence electrons. The fourth-order valence-corrected chi connectivity index (χ4v) is 3.10. The van der Waals surface area contributed by atoms with Crippen molar-refractivity contribution in [1.82, 2.24) is 10.2 Å². The second-order valence-corrected chi connectivity index (χ2v) is 4.73. The molecule has 0 saturated heterocycles.